The van der Waals surface area contributed by atoms with Gasteiger partial charge in [-0.05, 0) is 67.1 Å². The molecule has 2 unspecified atom stereocenters. The van der Waals surface area contributed by atoms with Crippen LogP contribution in [0.3, 0.4) is 0 Å². The lowest BCUT2D eigenvalue weighted by atomic mass is 9.65. The fourth-order valence-corrected chi connectivity index (χ4v) is 5.17. The molecule has 3 aliphatic carbocycles. The minimum absolute atomic E-state index is 0.861. The summed E-state index contributed by atoms with van der Waals surface area (Å²) >= 11 is 0. The van der Waals surface area contributed by atoms with E-state index in [2.05, 4.69) is 45.1 Å². The van der Waals surface area contributed by atoms with Gasteiger partial charge in [-0.3, -0.25) is 0 Å². The monoisotopic (exact) mass is 258 g/mol. The zero-order valence-corrected chi connectivity index (χ0v) is 12.9. The molecule has 0 spiro atoms. The predicted octanol–water partition coefficient (Wildman–Crippen LogP) is 5.46. The van der Waals surface area contributed by atoms with Crippen LogP contribution in [-0.4, -0.2) is 0 Å². The maximum atomic E-state index is 2.48. The van der Waals surface area contributed by atoms with Crippen molar-refractivity contribution < 1.29 is 0 Å². The van der Waals surface area contributed by atoms with Gasteiger partial charge < -0.3 is 0 Å². The smallest absolute Gasteiger partial charge is 0.0164 e. The standard InChI is InChI=1S/C19H30/c1-13(2)18-9-8-14(3)10-19(18)17-11-15-6-4-5-7-16(15)12-17/h4-7,13-19H,8-12H2,1-3H3/t14-,15?,16?,17?,18+,19-/m1/s1. The molecule has 0 N–H and O–H groups in total. The third-order valence-corrected chi connectivity index (χ3v) is 6.21. The molecular formula is C19H30. The molecule has 3 rings (SSSR count). The van der Waals surface area contributed by atoms with Gasteiger partial charge in [-0.1, -0.05) is 51.5 Å². The van der Waals surface area contributed by atoms with Gasteiger partial charge in [0.1, 0.15) is 0 Å². The third-order valence-electron chi connectivity index (χ3n) is 6.21. The molecule has 3 aliphatic rings. The van der Waals surface area contributed by atoms with E-state index >= 15 is 0 Å². The molecule has 0 radical (unpaired) electrons. The highest BCUT2D eigenvalue weighted by atomic mass is 14.5. The second-order valence-electron chi connectivity index (χ2n) is 7.82. The number of hydrogen-bond acceptors (Lipinski definition) is 0. The number of fused-ring (bicyclic) bond motifs is 1. The van der Waals surface area contributed by atoms with Gasteiger partial charge in [-0.15, -0.1) is 0 Å². The Bertz CT molecular complexity index is 342. The molecule has 0 aliphatic heterocycles. The van der Waals surface area contributed by atoms with Gasteiger partial charge in [0.15, 0.2) is 0 Å². The molecular weight excluding hydrogens is 228 g/mol. The molecule has 0 saturated heterocycles. The first-order chi connectivity index (χ1) is 9.15. The van der Waals surface area contributed by atoms with Crippen LogP contribution < -0.4 is 0 Å². The van der Waals surface area contributed by atoms with Crippen LogP contribution in [0.2, 0.25) is 0 Å². The summed E-state index contributed by atoms with van der Waals surface area (Å²) in [5, 5.41) is 0. The van der Waals surface area contributed by atoms with Crippen molar-refractivity contribution in [2.45, 2.75) is 52.9 Å². The van der Waals surface area contributed by atoms with E-state index in [9.17, 15) is 0 Å². The van der Waals surface area contributed by atoms with Gasteiger partial charge in [0.25, 0.3) is 0 Å². The minimum Gasteiger partial charge on any atom is -0.0808 e. The molecule has 0 bridgehead atoms. The highest BCUT2D eigenvalue weighted by Gasteiger charge is 2.41. The van der Waals surface area contributed by atoms with E-state index in [1.807, 2.05) is 0 Å². The molecule has 0 nitrogen and oxygen atoms in total. The lowest BCUT2D eigenvalue weighted by molar-refractivity contribution is 0.0922. The lowest BCUT2D eigenvalue weighted by Gasteiger charge is -2.41. The van der Waals surface area contributed by atoms with E-state index in [-0.39, 0.29) is 0 Å². The molecule has 0 aromatic heterocycles. The zero-order chi connectivity index (χ0) is 13.4. The van der Waals surface area contributed by atoms with E-state index in [0.29, 0.717) is 0 Å². The maximum absolute atomic E-state index is 2.48. The van der Waals surface area contributed by atoms with Crippen molar-refractivity contribution in [2.24, 2.45) is 41.4 Å². The molecule has 0 aromatic carbocycles. The fourth-order valence-electron chi connectivity index (χ4n) is 5.17. The van der Waals surface area contributed by atoms with E-state index in [4.69, 9.17) is 0 Å². The van der Waals surface area contributed by atoms with Crippen molar-refractivity contribution in [1.29, 1.82) is 0 Å². The van der Waals surface area contributed by atoms with Gasteiger partial charge >= 0.3 is 0 Å². The molecule has 0 aromatic rings. The fraction of sp³-hybridized carbons (Fsp3) is 0.789. The van der Waals surface area contributed by atoms with Crippen molar-refractivity contribution in [3.63, 3.8) is 0 Å². The molecule has 2 saturated carbocycles. The Morgan fingerprint density at radius 2 is 1.53 bits per heavy atom. The van der Waals surface area contributed by atoms with Crippen molar-refractivity contribution in [3.8, 4) is 0 Å². The summed E-state index contributed by atoms with van der Waals surface area (Å²) in [6.45, 7) is 7.39. The topological polar surface area (TPSA) is 0 Å². The van der Waals surface area contributed by atoms with Crippen LogP contribution in [0.1, 0.15) is 52.9 Å². The number of hydrogen-bond donors (Lipinski definition) is 0. The maximum Gasteiger partial charge on any atom is -0.0164 e. The molecule has 0 heterocycles. The highest BCUT2D eigenvalue weighted by Crippen LogP contribution is 2.50. The van der Waals surface area contributed by atoms with Crippen LogP contribution in [0, 0.1) is 41.4 Å². The summed E-state index contributed by atoms with van der Waals surface area (Å²) in [6.07, 6.45) is 16.9. The average molecular weight is 258 g/mol. The Labute approximate surface area is 119 Å². The molecule has 0 amide bonds. The Balaban J connectivity index is 1.72. The van der Waals surface area contributed by atoms with E-state index in [1.165, 1.54) is 32.1 Å². The molecule has 0 heteroatoms. The Morgan fingerprint density at radius 1 is 0.895 bits per heavy atom. The van der Waals surface area contributed by atoms with Crippen LogP contribution in [0.5, 0.6) is 0 Å². The third kappa shape index (κ3) is 2.69. The van der Waals surface area contributed by atoms with Gasteiger partial charge in [-0.2, -0.15) is 0 Å². The Morgan fingerprint density at radius 3 is 2.11 bits per heavy atom. The molecule has 106 valence electrons. The second-order valence-corrected chi connectivity index (χ2v) is 7.82. The number of rotatable bonds is 2. The summed E-state index contributed by atoms with van der Waals surface area (Å²) in [6, 6.07) is 0. The molecule has 5 atom stereocenters. The summed E-state index contributed by atoms with van der Waals surface area (Å²) < 4.78 is 0. The van der Waals surface area contributed by atoms with Crippen LogP contribution in [0.15, 0.2) is 24.3 Å². The normalized spacial score (nSPS) is 45.7. The van der Waals surface area contributed by atoms with Crippen LogP contribution >= 0.6 is 0 Å². The van der Waals surface area contributed by atoms with Gasteiger partial charge in [-0.25, -0.2) is 0 Å². The first-order valence-corrected chi connectivity index (χ1v) is 8.50. The SMILES string of the molecule is CC(C)[C@@H]1CC[C@@H](C)C[C@@H]1C1CC2C=CC=CC2C1. The van der Waals surface area contributed by atoms with E-state index in [0.717, 1.165) is 41.4 Å². The van der Waals surface area contributed by atoms with Crippen LogP contribution in [0.4, 0.5) is 0 Å². The average Bonchev–Trinajstić information content (AvgIpc) is 2.81. The Kier molecular flexibility index (Phi) is 3.87. The van der Waals surface area contributed by atoms with Crippen molar-refractivity contribution in [2.75, 3.05) is 0 Å². The highest BCUT2D eigenvalue weighted by molar-refractivity contribution is 5.17. The summed E-state index contributed by atoms with van der Waals surface area (Å²) in [7, 11) is 0. The van der Waals surface area contributed by atoms with Gasteiger partial charge in [0, 0.05) is 0 Å². The first-order valence-electron chi connectivity index (χ1n) is 8.50. The van der Waals surface area contributed by atoms with E-state index < -0.39 is 0 Å². The Hall–Kier alpha value is -0.520. The zero-order valence-electron chi connectivity index (χ0n) is 12.9. The summed E-state index contributed by atoms with van der Waals surface area (Å²) in [5.41, 5.74) is 0. The predicted molar refractivity (Wildman–Crippen MR) is 82.8 cm³/mol. The van der Waals surface area contributed by atoms with Crippen LogP contribution in [0.25, 0.3) is 0 Å². The largest absolute Gasteiger partial charge is 0.0808 e. The van der Waals surface area contributed by atoms with Crippen LogP contribution in [-0.2, 0) is 0 Å². The number of allylic oxidation sites excluding steroid dienone is 4. The molecule has 19 heavy (non-hydrogen) atoms. The summed E-state index contributed by atoms with van der Waals surface area (Å²) in [5.74, 6) is 6.57. The van der Waals surface area contributed by atoms with Crippen molar-refractivity contribution in [3.05, 3.63) is 24.3 Å². The van der Waals surface area contributed by atoms with Crippen molar-refractivity contribution in [1.82, 2.24) is 0 Å². The minimum atomic E-state index is 0.861. The van der Waals surface area contributed by atoms with Crippen molar-refractivity contribution >= 4 is 0 Å². The lowest BCUT2D eigenvalue weighted by Crippen LogP contribution is -2.32. The summed E-state index contributed by atoms with van der Waals surface area (Å²) in [4.78, 5) is 0. The van der Waals surface area contributed by atoms with Gasteiger partial charge in [0.05, 0.1) is 0 Å². The first kappa shape index (κ1) is 13.5. The van der Waals surface area contributed by atoms with E-state index in [1.54, 1.807) is 0 Å². The quantitative estimate of drug-likeness (QED) is 0.616. The van der Waals surface area contributed by atoms with Gasteiger partial charge in [0.2, 0.25) is 0 Å². The second kappa shape index (κ2) is 5.46. The molecule has 2 fully saturated rings.